The maximum Gasteiger partial charge on any atom is 0.425 e. The van der Waals surface area contributed by atoms with Crippen molar-refractivity contribution >= 4 is 35.0 Å². The van der Waals surface area contributed by atoms with Crippen LogP contribution in [-0.4, -0.2) is 70.3 Å². The highest BCUT2D eigenvalue weighted by Gasteiger charge is 2.46. The van der Waals surface area contributed by atoms with Crippen LogP contribution in [0.2, 0.25) is 0 Å². The van der Waals surface area contributed by atoms with Gasteiger partial charge in [-0.25, -0.2) is 24.4 Å². The van der Waals surface area contributed by atoms with E-state index in [-0.39, 0.29) is 35.4 Å². The van der Waals surface area contributed by atoms with Gasteiger partial charge in [0.15, 0.2) is 5.82 Å². The standard InChI is InChI=1S/C27H38N4O8/c1-25(2,3)38-23(33)30(24(34)39-26(4,5)6)19-17-18(22(32)35-8)21(37-14-16-10-9-13-36-16)31(27(7)11-12-27)20(17)29-15-28-19/h15-16H,9-14H2,1-8H3/t16-/m1/s1. The Hall–Kier alpha value is -3.41. The van der Waals surface area contributed by atoms with Crippen molar-refractivity contribution in [3.05, 3.63) is 11.9 Å². The van der Waals surface area contributed by atoms with E-state index in [9.17, 15) is 14.4 Å². The molecule has 0 radical (unpaired) electrons. The van der Waals surface area contributed by atoms with Crippen molar-refractivity contribution in [2.75, 3.05) is 25.2 Å². The van der Waals surface area contributed by atoms with Crippen LogP contribution in [0.4, 0.5) is 15.4 Å². The summed E-state index contributed by atoms with van der Waals surface area (Å²) >= 11 is 0. The minimum Gasteiger partial charge on any atom is -0.475 e. The second-order valence-electron chi connectivity index (χ2n) is 12.1. The van der Waals surface area contributed by atoms with E-state index in [1.54, 1.807) is 41.5 Å². The number of hydrogen-bond acceptors (Lipinski definition) is 10. The Morgan fingerprint density at radius 2 is 1.69 bits per heavy atom. The first kappa shape index (κ1) is 28.6. The lowest BCUT2D eigenvalue weighted by molar-refractivity contribution is 0.0427. The van der Waals surface area contributed by atoms with E-state index < -0.39 is 34.9 Å². The van der Waals surface area contributed by atoms with Gasteiger partial charge in [-0.05, 0) is 74.1 Å². The maximum absolute atomic E-state index is 13.5. The van der Waals surface area contributed by atoms with Gasteiger partial charge in [0.05, 0.1) is 18.6 Å². The quantitative estimate of drug-likeness (QED) is 0.362. The van der Waals surface area contributed by atoms with Gasteiger partial charge in [-0.2, -0.15) is 4.90 Å². The first-order chi connectivity index (χ1) is 18.1. The van der Waals surface area contributed by atoms with Crippen molar-refractivity contribution in [3.8, 4) is 5.88 Å². The zero-order valence-electron chi connectivity index (χ0n) is 24.0. The molecule has 1 atom stereocenters. The summed E-state index contributed by atoms with van der Waals surface area (Å²) in [6.45, 7) is 12.9. The minimum atomic E-state index is -1.01. The zero-order valence-corrected chi connectivity index (χ0v) is 24.0. The second-order valence-corrected chi connectivity index (χ2v) is 12.1. The predicted molar refractivity (Wildman–Crippen MR) is 141 cm³/mol. The molecule has 4 rings (SSSR count). The van der Waals surface area contributed by atoms with Crippen molar-refractivity contribution < 1.29 is 38.1 Å². The van der Waals surface area contributed by atoms with Crippen molar-refractivity contribution in [1.29, 1.82) is 0 Å². The van der Waals surface area contributed by atoms with Crippen molar-refractivity contribution in [2.24, 2.45) is 0 Å². The van der Waals surface area contributed by atoms with Crippen LogP contribution in [-0.2, 0) is 24.5 Å². The number of anilines is 1. The Morgan fingerprint density at radius 1 is 1.08 bits per heavy atom. The van der Waals surface area contributed by atoms with Gasteiger partial charge in [-0.15, -0.1) is 0 Å². The second kappa shape index (κ2) is 10.3. The molecule has 0 unspecified atom stereocenters. The summed E-state index contributed by atoms with van der Waals surface area (Å²) in [4.78, 5) is 49.7. The smallest absolute Gasteiger partial charge is 0.425 e. The highest BCUT2D eigenvalue weighted by Crippen LogP contribution is 2.50. The molecule has 1 saturated carbocycles. The van der Waals surface area contributed by atoms with Gasteiger partial charge < -0.3 is 23.7 Å². The summed E-state index contributed by atoms with van der Waals surface area (Å²) in [5.41, 5.74) is -1.94. The molecule has 0 aromatic carbocycles. The molecule has 39 heavy (non-hydrogen) atoms. The Labute approximate surface area is 227 Å². The summed E-state index contributed by atoms with van der Waals surface area (Å²) in [6.07, 6.45) is 2.46. The molecule has 1 aliphatic carbocycles. The van der Waals surface area contributed by atoms with Gasteiger partial charge in [0.25, 0.3) is 0 Å². The zero-order chi connectivity index (χ0) is 28.8. The average Bonchev–Trinajstić information content (AvgIpc) is 3.21. The number of esters is 1. The molecule has 12 nitrogen and oxygen atoms in total. The molecule has 12 heteroatoms. The fourth-order valence-electron chi connectivity index (χ4n) is 4.39. The molecule has 2 aliphatic rings. The van der Waals surface area contributed by atoms with Crippen molar-refractivity contribution in [2.45, 2.75) is 97.0 Å². The van der Waals surface area contributed by atoms with E-state index in [1.165, 1.54) is 13.4 Å². The number of amides is 2. The summed E-state index contributed by atoms with van der Waals surface area (Å²) in [7, 11) is 1.25. The Bertz CT molecular complexity index is 1240. The number of hydrogen-bond donors (Lipinski definition) is 0. The van der Waals surface area contributed by atoms with E-state index >= 15 is 0 Å². The van der Waals surface area contributed by atoms with Crippen LogP contribution in [0.3, 0.4) is 0 Å². The Balaban J connectivity index is 1.96. The normalized spacial score (nSPS) is 18.5. The first-order valence-corrected chi connectivity index (χ1v) is 13.1. The Morgan fingerprint density at radius 3 is 2.18 bits per heavy atom. The molecule has 0 N–H and O–H groups in total. The molecule has 1 aliphatic heterocycles. The molecule has 2 aromatic rings. The number of fused-ring (bicyclic) bond motifs is 1. The summed E-state index contributed by atoms with van der Waals surface area (Å²) < 4.78 is 30.1. The van der Waals surface area contributed by atoms with Gasteiger partial charge in [-0.1, -0.05) is 0 Å². The number of carbonyl (C=O) groups is 3. The highest BCUT2D eigenvalue weighted by molar-refractivity contribution is 6.18. The number of aromatic nitrogens is 3. The van der Waals surface area contributed by atoms with E-state index in [0.29, 0.717) is 17.2 Å². The van der Waals surface area contributed by atoms with Crippen LogP contribution in [0.15, 0.2) is 6.33 Å². The molecule has 0 bridgehead atoms. The van der Waals surface area contributed by atoms with E-state index in [1.807, 2.05) is 11.5 Å². The molecule has 2 fully saturated rings. The summed E-state index contributed by atoms with van der Waals surface area (Å²) in [6, 6.07) is 0. The number of imide groups is 1. The lowest BCUT2D eigenvalue weighted by Crippen LogP contribution is -2.44. The van der Waals surface area contributed by atoms with Crippen LogP contribution in [0.5, 0.6) is 5.88 Å². The lowest BCUT2D eigenvalue weighted by Gasteiger charge is -2.28. The number of nitrogens with zero attached hydrogens (tertiary/aromatic N) is 4. The Kier molecular flexibility index (Phi) is 7.54. The minimum absolute atomic E-state index is 0.00587. The third-order valence-corrected chi connectivity index (χ3v) is 6.38. The molecule has 3 heterocycles. The third kappa shape index (κ3) is 6.10. The lowest BCUT2D eigenvalue weighted by atomic mass is 10.2. The van der Waals surface area contributed by atoms with Gasteiger partial charge in [0.2, 0.25) is 5.88 Å². The molecule has 0 spiro atoms. The highest BCUT2D eigenvalue weighted by atomic mass is 16.6. The van der Waals surface area contributed by atoms with Crippen LogP contribution < -0.4 is 9.64 Å². The molecule has 1 saturated heterocycles. The van der Waals surface area contributed by atoms with E-state index in [2.05, 4.69) is 9.97 Å². The van der Waals surface area contributed by atoms with Crippen LogP contribution in [0.1, 0.15) is 84.5 Å². The SMILES string of the molecule is COC(=O)c1c(OC[C@H]2CCCO2)n(C2(C)CC2)c2ncnc(N(C(=O)OC(C)(C)C)C(=O)OC(C)(C)C)c12. The first-order valence-electron chi connectivity index (χ1n) is 13.1. The fraction of sp³-hybridized carbons (Fsp3) is 0.667. The summed E-state index contributed by atoms with van der Waals surface area (Å²) in [5, 5.41) is 0.122. The number of rotatable bonds is 6. The largest absolute Gasteiger partial charge is 0.475 e. The van der Waals surface area contributed by atoms with Gasteiger partial charge in [0.1, 0.15) is 35.3 Å². The molecule has 2 amide bonds. The molecule has 214 valence electrons. The number of carbonyl (C=O) groups excluding carboxylic acids is 3. The number of methoxy groups -OCH3 is 1. The van der Waals surface area contributed by atoms with Crippen molar-refractivity contribution in [3.63, 3.8) is 0 Å². The van der Waals surface area contributed by atoms with Gasteiger partial charge in [-0.3, -0.25) is 4.57 Å². The predicted octanol–water partition coefficient (Wildman–Crippen LogP) is 4.96. The van der Waals surface area contributed by atoms with Gasteiger partial charge in [0, 0.05) is 12.1 Å². The third-order valence-electron chi connectivity index (χ3n) is 6.38. The molecule has 2 aromatic heterocycles. The fourth-order valence-corrected chi connectivity index (χ4v) is 4.39. The maximum atomic E-state index is 13.5. The van der Waals surface area contributed by atoms with Crippen LogP contribution in [0.25, 0.3) is 11.0 Å². The van der Waals surface area contributed by atoms with Crippen molar-refractivity contribution in [1.82, 2.24) is 14.5 Å². The number of ether oxygens (including phenoxy) is 5. The van der Waals surface area contributed by atoms with Crippen LogP contribution >= 0.6 is 0 Å². The monoisotopic (exact) mass is 546 g/mol. The summed E-state index contributed by atoms with van der Waals surface area (Å²) in [5.74, 6) is -0.675. The molecular formula is C27H38N4O8. The topological polar surface area (TPSA) is 131 Å². The average molecular weight is 547 g/mol. The van der Waals surface area contributed by atoms with Crippen LogP contribution in [0, 0.1) is 0 Å². The van der Waals surface area contributed by atoms with E-state index in [0.717, 1.165) is 25.7 Å². The van der Waals surface area contributed by atoms with E-state index in [4.69, 9.17) is 23.7 Å². The van der Waals surface area contributed by atoms with Gasteiger partial charge >= 0.3 is 18.2 Å². The molecular weight excluding hydrogens is 508 g/mol.